The Labute approximate surface area is 283 Å². The summed E-state index contributed by atoms with van der Waals surface area (Å²) in [6.45, 7) is 4.26. The number of hydrogen-bond donors (Lipinski definition) is 3. The Hall–Kier alpha value is -0.610. The molecule has 0 aromatic carbocycles. The third-order valence-electron chi connectivity index (χ3n) is 9.87. The van der Waals surface area contributed by atoms with Gasteiger partial charge in [-0.2, -0.15) is 0 Å². The molecule has 0 bridgehead atoms. The molecule has 0 fully saturated rings. The Morgan fingerprint density at radius 2 is 0.711 bits per heavy atom. The van der Waals surface area contributed by atoms with Gasteiger partial charge in [0.15, 0.2) is 0 Å². The zero-order chi connectivity index (χ0) is 32.9. The van der Waals surface area contributed by atoms with Gasteiger partial charge in [-0.1, -0.05) is 219 Å². The topological polar surface area (TPSA) is 69.6 Å². The van der Waals surface area contributed by atoms with Crippen molar-refractivity contribution in [1.82, 2.24) is 5.32 Å². The van der Waals surface area contributed by atoms with Gasteiger partial charge < -0.3 is 15.5 Å². The lowest BCUT2D eigenvalue weighted by molar-refractivity contribution is -0.123. The fourth-order valence-corrected chi connectivity index (χ4v) is 6.66. The van der Waals surface area contributed by atoms with E-state index in [0.29, 0.717) is 12.8 Å². The third kappa shape index (κ3) is 34.5. The minimum absolute atomic E-state index is 0.0465. The van der Waals surface area contributed by atoms with Crippen LogP contribution in [0, 0.1) is 0 Å². The molecule has 1 amide bonds. The predicted octanol–water partition coefficient (Wildman–Crippen LogP) is 12.5. The molecule has 4 nitrogen and oxygen atoms in total. The van der Waals surface area contributed by atoms with Gasteiger partial charge in [0, 0.05) is 6.42 Å². The summed E-state index contributed by atoms with van der Waals surface area (Å²) in [6, 6.07) is -0.525. The molecule has 0 spiro atoms. The van der Waals surface area contributed by atoms with Gasteiger partial charge in [-0.25, -0.2) is 0 Å². The van der Waals surface area contributed by atoms with Crippen molar-refractivity contribution >= 4 is 5.91 Å². The highest BCUT2D eigenvalue weighted by molar-refractivity contribution is 5.76. The summed E-state index contributed by atoms with van der Waals surface area (Å²) in [4.78, 5) is 12.1. The van der Waals surface area contributed by atoms with E-state index >= 15 is 0 Å². The van der Waals surface area contributed by atoms with Gasteiger partial charge in [-0.3, -0.25) is 4.79 Å². The first-order valence-electron chi connectivity index (χ1n) is 20.7. The van der Waals surface area contributed by atoms with E-state index in [1.807, 2.05) is 0 Å². The largest absolute Gasteiger partial charge is 0.394 e. The van der Waals surface area contributed by atoms with Crippen molar-refractivity contribution in [3.8, 4) is 0 Å². The molecular formula is C41H83NO3. The minimum atomic E-state index is -0.650. The number of aliphatic hydroxyl groups excluding tert-OH is 2. The Morgan fingerprint density at radius 3 is 1.00 bits per heavy atom. The molecule has 0 radical (unpaired) electrons. The van der Waals surface area contributed by atoms with Gasteiger partial charge in [0.05, 0.1) is 18.8 Å². The number of rotatable bonds is 38. The van der Waals surface area contributed by atoms with E-state index in [-0.39, 0.29) is 12.5 Å². The fraction of sp³-hybridized carbons (Fsp3) is 0.976. The molecule has 0 heterocycles. The van der Waals surface area contributed by atoms with Crippen molar-refractivity contribution in [2.75, 3.05) is 6.61 Å². The van der Waals surface area contributed by atoms with E-state index in [0.717, 1.165) is 38.5 Å². The molecule has 270 valence electrons. The summed E-state index contributed by atoms with van der Waals surface area (Å²) >= 11 is 0. The molecule has 0 aliphatic rings. The van der Waals surface area contributed by atoms with Crippen LogP contribution in [0.15, 0.2) is 0 Å². The van der Waals surface area contributed by atoms with E-state index in [4.69, 9.17) is 0 Å². The Kier molecular flexibility index (Phi) is 37.3. The van der Waals surface area contributed by atoms with Crippen LogP contribution in [0.3, 0.4) is 0 Å². The van der Waals surface area contributed by atoms with Crippen LogP contribution in [0.1, 0.15) is 239 Å². The number of nitrogens with one attached hydrogen (secondary N) is 1. The lowest BCUT2D eigenvalue weighted by Gasteiger charge is -2.22. The maximum absolute atomic E-state index is 12.1. The Balaban J connectivity index is 3.29. The molecule has 0 saturated heterocycles. The maximum Gasteiger partial charge on any atom is 0.220 e. The van der Waals surface area contributed by atoms with Gasteiger partial charge in [-0.05, 0) is 12.8 Å². The number of amides is 1. The molecule has 0 aliphatic carbocycles. The number of hydrogen-bond acceptors (Lipinski definition) is 3. The molecule has 45 heavy (non-hydrogen) atoms. The zero-order valence-corrected chi connectivity index (χ0v) is 30.9. The van der Waals surface area contributed by atoms with Gasteiger partial charge in [0.25, 0.3) is 0 Å². The second kappa shape index (κ2) is 37.8. The molecule has 0 aromatic rings. The van der Waals surface area contributed by atoms with Crippen LogP contribution in [-0.2, 0) is 4.79 Å². The van der Waals surface area contributed by atoms with Crippen molar-refractivity contribution in [2.24, 2.45) is 0 Å². The van der Waals surface area contributed by atoms with Crippen LogP contribution in [0.2, 0.25) is 0 Å². The van der Waals surface area contributed by atoms with Crippen molar-refractivity contribution in [3.05, 3.63) is 0 Å². The number of carbonyl (C=O) groups is 1. The summed E-state index contributed by atoms with van der Waals surface area (Å²) in [5.41, 5.74) is 0. The number of unbranched alkanes of at least 4 members (excludes halogenated alkanes) is 31. The molecule has 0 saturated carbocycles. The standard InChI is InChI=1S/C41H83NO3/c1-3-5-7-9-10-11-12-13-14-15-16-17-18-19-20-21-22-23-24-25-26-27-28-29-30-31-32-33-34-36-40(44)39(38-43)42-41(45)37-35-8-6-4-2/h39-40,43-44H,3-38H2,1-2H3,(H,42,45). The third-order valence-corrected chi connectivity index (χ3v) is 9.87. The van der Waals surface area contributed by atoms with Gasteiger partial charge in [-0.15, -0.1) is 0 Å². The van der Waals surface area contributed by atoms with Crippen LogP contribution in [0.4, 0.5) is 0 Å². The van der Waals surface area contributed by atoms with Crippen molar-refractivity contribution in [3.63, 3.8) is 0 Å². The summed E-state index contributed by atoms with van der Waals surface area (Å²) in [5, 5.41) is 22.8. The minimum Gasteiger partial charge on any atom is -0.394 e. The number of aliphatic hydroxyl groups is 2. The molecule has 0 rings (SSSR count). The predicted molar refractivity (Wildman–Crippen MR) is 198 cm³/mol. The SMILES string of the molecule is CCCCCCCCCCCCCCCCCCCCCCCCCCCCCCCC(O)C(CO)NC(=O)CCCCCC. The average molecular weight is 638 g/mol. The molecule has 3 N–H and O–H groups in total. The molecular weight excluding hydrogens is 554 g/mol. The van der Waals surface area contributed by atoms with Crippen LogP contribution in [0.25, 0.3) is 0 Å². The second-order valence-corrected chi connectivity index (χ2v) is 14.4. The molecule has 2 unspecified atom stereocenters. The van der Waals surface area contributed by atoms with Crippen LogP contribution >= 0.6 is 0 Å². The van der Waals surface area contributed by atoms with Crippen LogP contribution in [-0.4, -0.2) is 34.9 Å². The first-order chi connectivity index (χ1) is 22.2. The molecule has 0 aliphatic heterocycles. The van der Waals surface area contributed by atoms with Gasteiger partial charge >= 0.3 is 0 Å². The highest BCUT2D eigenvalue weighted by Gasteiger charge is 2.19. The normalized spacial score (nSPS) is 12.9. The highest BCUT2D eigenvalue weighted by atomic mass is 16.3. The number of carbonyl (C=O) groups excluding carboxylic acids is 1. The summed E-state index contributed by atoms with van der Waals surface area (Å²) < 4.78 is 0. The molecule has 2 atom stereocenters. The summed E-state index contributed by atoms with van der Waals surface area (Å²) in [5.74, 6) is -0.0465. The van der Waals surface area contributed by atoms with E-state index in [9.17, 15) is 15.0 Å². The van der Waals surface area contributed by atoms with Crippen molar-refractivity contribution in [1.29, 1.82) is 0 Å². The quantitative estimate of drug-likeness (QED) is 0.0590. The van der Waals surface area contributed by atoms with E-state index in [1.54, 1.807) is 0 Å². The Bertz CT molecular complexity index is 569. The van der Waals surface area contributed by atoms with E-state index in [1.165, 1.54) is 173 Å². The Morgan fingerprint density at radius 1 is 0.444 bits per heavy atom. The maximum atomic E-state index is 12.1. The molecule has 0 aromatic heterocycles. The first-order valence-corrected chi connectivity index (χ1v) is 20.7. The highest BCUT2D eigenvalue weighted by Crippen LogP contribution is 2.17. The summed E-state index contributed by atoms with van der Waals surface area (Å²) in [6.07, 6.45) is 45.3. The van der Waals surface area contributed by atoms with Crippen LogP contribution in [0.5, 0.6) is 0 Å². The van der Waals surface area contributed by atoms with E-state index in [2.05, 4.69) is 19.2 Å². The van der Waals surface area contributed by atoms with Gasteiger partial charge in [0.1, 0.15) is 0 Å². The lowest BCUT2D eigenvalue weighted by atomic mass is 10.0. The zero-order valence-electron chi connectivity index (χ0n) is 30.9. The molecule has 4 heteroatoms. The van der Waals surface area contributed by atoms with Gasteiger partial charge in [0.2, 0.25) is 5.91 Å². The monoisotopic (exact) mass is 638 g/mol. The summed E-state index contributed by atoms with van der Waals surface area (Å²) in [7, 11) is 0. The van der Waals surface area contributed by atoms with Crippen molar-refractivity contribution < 1.29 is 15.0 Å². The van der Waals surface area contributed by atoms with Crippen LogP contribution < -0.4 is 5.32 Å². The van der Waals surface area contributed by atoms with Crippen molar-refractivity contribution in [2.45, 2.75) is 251 Å². The first kappa shape index (κ1) is 44.4. The smallest absolute Gasteiger partial charge is 0.220 e. The second-order valence-electron chi connectivity index (χ2n) is 14.4. The average Bonchev–Trinajstić information content (AvgIpc) is 3.04. The fourth-order valence-electron chi connectivity index (χ4n) is 6.66. The lowest BCUT2D eigenvalue weighted by Crippen LogP contribution is -2.45. The van der Waals surface area contributed by atoms with E-state index < -0.39 is 12.1 Å².